The van der Waals surface area contributed by atoms with Crippen LogP contribution in [-0.2, 0) is 11.3 Å². The molecule has 0 saturated carbocycles. The zero-order valence-corrected chi connectivity index (χ0v) is 16.6. The molecule has 0 bridgehead atoms. The van der Waals surface area contributed by atoms with Crippen molar-refractivity contribution in [1.82, 2.24) is 4.90 Å². The van der Waals surface area contributed by atoms with Crippen LogP contribution in [0, 0.1) is 0 Å². The molecule has 0 radical (unpaired) electrons. The molecule has 0 spiro atoms. The van der Waals surface area contributed by atoms with Crippen molar-refractivity contribution in [2.24, 2.45) is 0 Å². The number of rotatable bonds is 6. The number of nitrogens with zero attached hydrogens (tertiary/aromatic N) is 1. The number of aliphatic hydroxyl groups excluding tert-OH is 1. The summed E-state index contributed by atoms with van der Waals surface area (Å²) in [6.45, 7) is 0.258. The highest BCUT2D eigenvalue weighted by Gasteiger charge is 2.44. The van der Waals surface area contributed by atoms with Crippen LogP contribution >= 0.6 is 11.3 Å². The second kappa shape index (κ2) is 7.93. The van der Waals surface area contributed by atoms with E-state index in [9.17, 15) is 14.7 Å². The lowest BCUT2D eigenvalue weighted by atomic mass is 9.94. The number of para-hydroxylation sites is 1. The van der Waals surface area contributed by atoms with Gasteiger partial charge in [0.25, 0.3) is 5.91 Å². The van der Waals surface area contributed by atoms with Crippen LogP contribution in [0.1, 0.15) is 26.8 Å². The predicted molar refractivity (Wildman–Crippen MR) is 111 cm³/mol. The largest absolute Gasteiger partial charge is 0.503 e. The van der Waals surface area contributed by atoms with Gasteiger partial charge in [0.05, 0.1) is 23.6 Å². The number of carbonyl (C=O) groups is 2. The molecule has 1 aliphatic heterocycles. The first kappa shape index (κ1) is 19.0. The first-order valence-corrected chi connectivity index (χ1v) is 9.99. The number of Topliss-reactive ketones (excluding diaryl/α,β-unsaturated/α-hetero) is 1. The SMILES string of the molecule is COc1ccccc1C1C(C(=O)c2cccs2)=C(O)C(=O)N1Cc1ccccc1. The third-order valence-electron chi connectivity index (χ3n) is 4.92. The van der Waals surface area contributed by atoms with Gasteiger partial charge in [-0.3, -0.25) is 9.59 Å². The van der Waals surface area contributed by atoms with E-state index in [0.717, 1.165) is 5.56 Å². The molecule has 146 valence electrons. The number of hydrogen-bond donors (Lipinski definition) is 1. The van der Waals surface area contributed by atoms with E-state index in [1.54, 1.807) is 30.7 Å². The lowest BCUT2D eigenvalue weighted by Gasteiger charge is -2.28. The quantitative estimate of drug-likeness (QED) is 0.612. The molecule has 1 N–H and O–H groups in total. The Bertz CT molecular complexity index is 1070. The van der Waals surface area contributed by atoms with Crippen molar-refractivity contribution in [3.8, 4) is 5.75 Å². The van der Waals surface area contributed by atoms with Crippen molar-refractivity contribution in [2.45, 2.75) is 12.6 Å². The fourth-order valence-electron chi connectivity index (χ4n) is 3.58. The average Bonchev–Trinajstić information content (AvgIpc) is 3.37. The fourth-order valence-corrected chi connectivity index (χ4v) is 4.26. The second-order valence-electron chi connectivity index (χ2n) is 6.63. The van der Waals surface area contributed by atoms with E-state index >= 15 is 0 Å². The smallest absolute Gasteiger partial charge is 0.290 e. The number of hydrogen-bond acceptors (Lipinski definition) is 5. The molecule has 29 heavy (non-hydrogen) atoms. The normalized spacial score (nSPS) is 16.4. The Morgan fingerprint density at radius 2 is 1.79 bits per heavy atom. The molecule has 2 aromatic carbocycles. The van der Waals surface area contributed by atoms with Gasteiger partial charge in [0.2, 0.25) is 5.78 Å². The summed E-state index contributed by atoms with van der Waals surface area (Å²) in [6.07, 6.45) is 0. The zero-order valence-electron chi connectivity index (χ0n) is 15.7. The van der Waals surface area contributed by atoms with E-state index in [0.29, 0.717) is 16.2 Å². The van der Waals surface area contributed by atoms with E-state index in [1.807, 2.05) is 48.5 Å². The molecule has 0 fully saturated rings. The molecule has 2 heterocycles. The zero-order chi connectivity index (χ0) is 20.4. The van der Waals surface area contributed by atoms with Crippen LogP contribution in [0.4, 0.5) is 0 Å². The number of benzene rings is 2. The maximum Gasteiger partial charge on any atom is 0.290 e. The summed E-state index contributed by atoms with van der Waals surface area (Å²) in [7, 11) is 1.54. The number of carbonyl (C=O) groups excluding carboxylic acids is 2. The molecule has 0 aliphatic carbocycles. The van der Waals surface area contributed by atoms with E-state index < -0.39 is 17.7 Å². The molecule has 0 saturated heterocycles. The Kier molecular flexibility index (Phi) is 5.18. The predicted octanol–water partition coefficient (Wildman–Crippen LogP) is 4.54. The Morgan fingerprint density at radius 1 is 1.07 bits per heavy atom. The molecule has 1 unspecified atom stereocenters. The molecular weight excluding hydrogens is 386 g/mol. The minimum absolute atomic E-state index is 0.0814. The summed E-state index contributed by atoms with van der Waals surface area (Å²) < 4.78 is 5.49. The molecule has 1 aliphatic rings. The Labute approximate surface area is 172 Å². The van der Waals surface area contributed by atoms with Gasteiger partial charge in [-0.2, -0.15) is 0 Å². The number of thiophene rings is 1. The van der Waals surface area contributed by atoms with E-state index in [2.05, 4.69) is 0 Å². The average molecular weight is 405 g/mol. The van der Waals surface area contributed by atoms with Crippen molar-refractivity contribution in [3.63, 3.8) is 0 Å². The Hall–Kier alpha value is -3.38. The lowest BCUT2D eigenvalue weighted by molar-refractivity contribution is -0.130. The molecular formula is C23H19NO4S. The number of ether oxygens (including phenoxy) is 1. The first-order chi connectivity index (χ1) is 14.1. The molecule has 5 nitrogen and oxygen atoms in total. The van der Waals surface area contributed by atoms with Crippen LogP contribution in [0.5, 0.6) is 5.75 Å². The summed E-state index contributed by atoms with van der Waals surface area (Å²) in [5, 5.41) is 12.5. The van der Waals surface area contributed by atoms with Gasteiger partial charge in [-0.1, -0.05) is 54.6 Å². The van der Waals surface area contributed by atoms with Crippen molar-refractivity contribution in [2.75, 3.05) is 7.11 Å². The standard InChI is InChI=1S/C23H19NO4S/c1-28-17-11-6-5-10-16(17)20-19(21(25)18-12-7-13-29-18)22(26)23(27)24(20)14-15-8-3-2-4-9-15/h2-13,20,26H,14H2,1H3. The van der Waals surface area contributed by atoms with Crippen molar-refractivity contribution in [1.29, 1.82) is 0 Å². The van der Waals surface area contributed by atoms with E-state index in [4.69, 9.17) is 4.74 Å². The summed E-state index contributed by atoms with van der Waals surface area (Å²) >= 11 is 1.28. The van der Waals surface area contributed by atoms with Crippen molar-refractivity contribution >= 4 is 23.0 Å². The van der Waals surface area contributed by atoms with Gasteiger partial charge in [-0.25, -0.2) is 0 Å². The minimum atomic E-state index is -0.742. The highest BCUT2D eigenvalue weighted by molar-refractivity contribution is 7.12. The lowest BCUT2D eigenvalue weighted by Crippen LogP contribution is -2.30. The highest BCUT2D eigenvalue weighted by Crippen LogP contribution is 2.43. The van der Waals surface area contributed by atoms with Gasteiger partial charge in [0.15, 0.2) is 5.76 Å². The maximum atomic E-state index is 13.2. The number of aliphatic hydroxyl groups is 1. The van der Waals surface area contributed by atoms with Crippen LogP contribution in [0.3, 0.4) is 0 Å². The molecule has 1 atom stereocenters. The van der Waals surface area contributed by atoms with Crippen LogP contribution < -0.4 is 4.74 Å². The van der Waals surface area contributed by atoms with Crippen molar-refractivity contribution in [3.05, 3.63) is 99.4 Å². The van der Waals surface area contributed by atoms with Crippen LogP contribution in [0.2, 0.25) is 0 Å². The van der Waals surface area contributed by atoms with Crippen LogP contribution in [0.15, 0.2) is 83.4 Å². The van der Waals surface area contributed by atoms with Gasteiger partial charge in [-0.15, -0.1) is 11.3 Å². The Morgan fingerprint density at radius 3 is 2.48 bits per heavy atom. The summed E-state index contributed by atoms with van der Waals surface area (Å²) in [5.74, 6) is -0.869. The fraction of sp³-hybridized carbons (Fsp3) is 0.130. The molecule has 1 aromatic heterocycles. The van der Waals surface area contributed by atoms with Gasteiger partial charge < -0.3 is 14.7 Å². The van der Waals surface area contributed by atoms with Gasteiger partial charge in [0, 0.05) is 12.1 Å². The Balaban J connectivity index is 1.84. The monoisotopic (exact) mass is 405 g/mol. The third-order valence-corrected chi connectivity index (χ3v) is 5.79. The molecule has 6 heteroatoms. The number of methoxy groups -OCH3 is 1. The summed E-state index contributed by atoms with van der Waals surface area (Å²) in [5.41, 5.74) is 1.64. The highest BCUT2D eigenvalue weighted by atomic mass is 32.1. The van der Waals surface area contributed by atoms with Crippen molar-refractivity contribution < 1.29 is 19.4 Å². The van der Waals surface area contributed by atoms with E-state index in [-0.39, 0.29) is 17.9 Å². The number of amides is 1. The second-order valence-corrected chi connectivity index (χ2v) is 7.58. The summed E-state index contributed by atoms with van der Waals surface area (Å²) in [4.78, 5) is 28.2. The van der Waals surface area contributed by atoms with Gasteiger partial charge in [-0.05, 0) is 23.1 Å². The van der Waals surface area contributed by atoms with Crippen LogP contribution in [-0.4, -0.2) is 28.8 Å². The summed E-state index contributed by atoms with van der Waals surface area (Å²) in [6, 6.07) is 19.4. The first-order valence-electron chi connectivity index (χ1n) is 9.11. The number of ketones is 1. The van der Waals surface area contributed by atoms with E-state index in [1.165, 1.54) is 16.2 Å². The molecule has 1 amide bonds. The minimum Gasteiger partial charge on any atom is -0.503 e. The topological polar surface area (TPSA) is 66.8 Å². The van der Waals surface area contributed by atoms with Crippen LogP contribution in [0.25, 0.3) is 0 Å². The third kappa shape index (κ3) is 3.43. The molecule has 3 aromatic rings. The molecule has 4 rings (SSSR count). The maximum absolute atomic E-state index is 13.2. The van der Waals surface area contributed by atoms with Gasteiger partial charge in [0.1, 0.15) is 5.75 Å². The van der Waals surface area contributed by atoms with Gasteiger partial charge >= 0.3 is 0 Å².